The fourth-order valence-corrected chi connectivity index (χ4v) is 6.40. The number of piperidine rings is 1. The third-order valence-electron chi connectivity index (χ3n) is 7.94. The lowest BCUT2D eigenvalue weighted by atomic mass is 9.81. The normalized spacial score (nSPS) is 21.3. The van der Waals surface area contributed by atoms with Crippen molar-refractivity contribution in [2.75, 3.05) is 23.3 Å². The largest absolute Gasteiger partial charge is 0.341 e. The number of hydrogen-bond donors (Lipinski definition) is 4. The number of aromatic nitrogens is 7. The van der Waals surface area contributed by atoms with Crippen LogP contribution in [0.5, 0.6) is 0 Å². The maximum atomic E-state index is 13.4. The Kier molecular flexibility index (Phi) is 7.21. The topological polar surface area (TPSA) is 133 Å². The van der Waals surface area contributed by atoms with Crippen molar-refractivity contribution in [3.05, 3.63) is 65.6 Å². The van der Waals surface area contributed by atoms with Gasteiger partial charge >= 0.3 is 0 Å². The Labute approximate surface area is 242 Å². The van der Waals surface area contributed by atoms with E-state index < -0.39 is 11.4 Å². The lowest BCUT2D eigenvalue weighted by Gasteiger charge is -2.42. The first-order valence-electron chi connectivity index (χ1n) is 13.5. The zero-order valence-corrected chi connectivity index (χ0v) is 23.9. The molecule has 0 saturated carbocycles. The minimum atomic E-state index is -0.434. The number of H-pyrrole nitrogens is 1. The van der Waals surface area contributed by atoms with E-state index in [1.807, 2.05) is 39.0 Å². The number of nitrogens with zero attached hydrogens (tertiary/aromatic N) is 8. The molecule has 14 heteroatoms. The van der Waals surface area contributed by atoms with E-state index >= 15 is 0 Å². The van der Waals surface area contributed by atoms with Crippen LogP contribution in [0.15, 0.2) is 42.9 Å². The van der Waals surface area contributed by atoms with Gasteiger partial charge in [-0.05, 0) is 45.2 Å². The number of halogens is 1. The molecular weight excluding hydrogens is 545 g/mol. The number of hydrogen-bond acceptors (Lipinski definition) is 11. The van der Waals surface area contributed by atoms with Crippen LogP contribution < -0.4 is 15.5 Å². The number of aldehydes is 1. The van der Waals surface area contributed by atoms with Gasteiger partial charge in [0.05, 0.1) is 18.4 Å². The molecule has 0 amide bonds. The van der Waals surface area contributed by atoms with E-state index in [0.29, 0.717) is 36.5 Å². The van der Waals surface area contributed by atoms with Gasteiger partial charge in [-0.25, -0.2) is 19.0 Å². The fourth-order valence-electron chi connectivity index (χ4n) is 5.80. The van der Waals surface area contributed by atoms with Gasteiger partial charge in [-0.1, -0.05) is 6.07 Å². The Morgan fingerprint density at radius 3 is 2.61 bits per heavy atom. The summed E-state index contributed by atoms with van der Waals surface area (Å²) in [6.07, 6.45) is 6.62. The minimum absolute atomic E-state index is 0.145. The van der Waals surface area contributed by atoms with Gasteiger partial charge in [0.25, 0.3) is 0 Å². The van der Waals surface area contributed by atoms with Gasteiger partial charge in [-0.2, -0.15) is 15.2 Å². The zero-order valence-electron chi connectivity index (χ0n) is 23.0. The van der Waals surface area contributed by atoms with E-state index in [1.165, 1.54) is 10.9 Å². The molecule has 1 spiro atoms. The molecule has 2 aliphatic rings. The molecule has 2 saturated heterocycles. The molecule has 0 bridgehead atoms. The molecule has 12 nitrogen and oxygen atoms in total. The van der Waals surface area contributed by atoms with Crippen molar-refractivity contribution in [2.45, 2.75) is 56.7 Å². The third kappa shape index (κ3) is 5.29. The predicted molar refractivity (Wildman–Crippen MR) is 155 cm³/mol. The van der Waals surface area contributed by atoms with Crippen molar-refractivity contribution in [2.24, 2.45) is 0 Å². The molecule has 0 radical (unpaired) electrons. The second-order valence-electron chi connectivity index (χ2n) is 10.7. The average molecular weight is 578 g/mol. The van der Waals surface area contributed by atoms with E-state index in [4.69, 9.17) is 17.6 Å². The summed E-state index contributed by atoms with van der Waals surface area (Å²) in [6.45, 7) is 7.29. The standard InChI is InChI=1S/C27H32FN11OS/c1-16-10-22(32-23-11-17(2)35-36-23)33-25(31-16)37-8-6-27(7-9-37)21(15-40)39(26(41)34-27)18(3)19-4-5-24(29-12-19)38-14-20(28)13-30-38/h4-5,10-15,18,21,26,34,41H,6-9H2,1-3H3,(H2,31,32,33,35,36)/t18?,21?,26-/m0/s1. The van der Waals surface area contributed by atoms with Crippen LogP contribution >= 0.6 is 12.6 Å². The van der Waals surface area contributed by atoms with Crippen LogP contribution in [0.4, 0.5) is 22.0 Å². The van der Waals surface area contributed by atoms with E-state index in [9.17, 15) is 9.18 Å². The number of thiol groups is 1. The molecule has 214 valence electrons. The van der Waals surface area contributed by atoms with E-state index in [-0.39, 0.29) is 17.6 Å². The number of nitrogens with one attached hydrogen (secondary N) is 3. The summed E-state index contributed by atoms with van der Waals surface area (Å²) >= 11 is 4.85. The highest BCUT2D eigenvalue weighted by molar-refractivity contribution is 7.80. The summed E-state index contributed by atoms with van der Waals surface area (Å²) in [5.74, 6) is 2.11. The van der Waals surface area contributed by atoms with Crippen molar-refractivity contribution in [1.82, 2.24) is 45.1 Å². The smallest absolute Gasteiger partial charge is 0.227 e. The maximum absolute atomic E-state index is 13.4. The van der Waals surface area contributed by atoms with Gasteiger partial charge in [0.2, 0.25) is 5.95 Å². The molecule has 6 heterocycles. The Hall–Kier alpha value is -3.88. The predicted octanol–water partition coefficient (Wildman–Crippen LogP) is 3.07. The van der Waals surface area contributed by atoms with Gasteiger partial charge < -0.3 is 15.0 Å². The van der Waals surface area contributed by atoms with Crippen LogP contribution in [0, 0.1) is 19.7 Å². The van der Waals surface area contributed by atoms with Crippen LogP contribution in [0.2, 0.25) is 0 Å². The summed E-state index contributed by atoms with van der Waals surface area (Å²) < 4.78 is 14.8. The van der Waals surface area contributed by atoms with Crippen molar-refractivity contribution in [3.63, 3.8) is 0 Å². The van der Waals surface area contributed by atoms with Crippen LogP contribution in [0.1, 0.15) is 42.8 Å². The van der Waals surface area contributed by atoms with Gasteiger partial charge in [-0.15, -0.1) is 12.6 Å². The average Bonchev–Trinajstić information content (AvgIpc) is 3.65. The summed E-state index contributed by atoms with van der Waals surface area (Å²) in [7, 11) is 0. The number of carbonyl (C=O) groups is 1. The number of anilines is 3. The van der Waals surface area contributed by atoms with Crippen molar-refractivity contribution in [1.29, 1.82) is 0 Å². The maximum Gasteiger partial charge on any atom is 0.227 e. The molecule has 2 fully saturated rings. The summed E-state index contributed by atoms with van der Waals surface area (Å²) in [6, 6.07) is 6.98. The zero-order chi connectivity index (χ0) is 28.7. The van der Waals surface area contributed by atoms with Crippen LogP contribution in [0.3, 0.4) is 0 Å². The fraction of sp³-hybridized carbons (Fsp3) is 0.407. The molecule has 2 unspecified atom stereocenters. The first-order valence-corrected chi connectivity index (χ1v) is 14.0. The second kappa shape index (κ2) is 10.8. The quantitative estimate of drug-likeness (QED) is 0.192. The summed E-state index contributed by atoms with van der Waals surface area (Å²) in [4.78, 5) is 30.7. The molecule has 2 aliphatic heterocycles. The highest BCUT2D eigenvalue weighted by Crippen LogP contribution is 2.40. The number of aryl methyl sites for hydroxylation is 2. The molecule has 0 aromatic carbocycles. The first-order chi connectivity index (χ1) is 19.7. The lowest BCUT2D eigenvalue weighted by molar-refractivity contribution is -0.114. The Balaban J connectivity index is 1.16. The summed E-state index contributed by atoms with van der Waals surface area (Å²) in [5, 5.41) is 18.0. The second-order valence-corrected chi connectivity index (χ2v) is 11.2. The van der Waals surface area contributed by atoms with Gasteiger partial charge in [0, 0.05) is 54.4 Å². The number of aromatic amines is 1. The van der Waals surface area contributed by atoms with Crippen LogP contribution in [-0.2, 0) is 4.79 Å². The molecular formula is C27H32FN11OS. The SMILES string of the molecule is Cc1cc(Nc2cc(C)[nH]n2)nc(N2CCC3(CC2)N[C@H](S)N(C(C)c2ccc(-n4cc(F)cn4)nc2)C3C=O)n1. The van der Waals surface area contributed by atoms with Crippen LogP contribution in [0.25, 0.3) is 5.82 Å². The van der Waals surface area contributed by atoms with Crippen molar-refractivity contribution in [3.8, 4) is 5.82 Å². The molecule has 6 rings (SSSR count). The Morgan fingerprint density at radius 2 is 1.98 bits per heavy atom. The Morgan fingerprint density at radius 1 is 1.17 bits per heavy atom. The minimum Gasteiger partial charge on any atom is -0.341 e. The van der Waals surface area contributed by atoms with E-state index in [1.54, 1.807) is 12.3 Å². The highest BCUT2D eigenvalue weighted by Gasteiger charge is 2.53. The van der Waals surface area contributed by atoms with Crippen molar-refractivity contribution < 1.29 is 9.18 Å². The number of pyridine rings is 1. The molecule has 3 N–H and O–H groups in total. The molecule has 4 aromatic heterocycles. The van der Waals surface area contributed by atoms with Gasteiger partial charge in [0.1, 0.15) is 17.6 Å². The first kappa shape index (κ1) is 27.3. The van der Waals surface area contributed by atoms with E-state index in [2.05, 4.69) is 45.7 Å². The summed E-state index contributed by atoms with van der Waals surface area (Å²) in [5.41, 5.74) is 1.97. The lowest BCUT2D eigenvalue weighted by Crippen LogP contribution is -2.57. The number of rotatable bonds is 7. The van der Waals surface area contributed by atoms with E-state index in [0.717, 1.165) is 42.3 Å². The number of carbonyl (C=O) groups excluding carboxylic acids is 1. The molecule has 3 atom stereocenters. The van der Waals surface area contributed by atoms with Crippen molar-refractivity contribution >= 4 is 36.5 Å². The highest BCUT2D eigenvalue weighted by atomic mass is 32.1. The van der Waals surface area contributed by atoms with Gasteiger partial charge in [0.15, 0.2) is 17.5 Å². The third-order valence-corrected chi connectivity index (χ3v) is 8.34. The molecule has 41 heavy (non-hydrogen) atoms. The monoisotopic (exact) mass is 577 g/mol. The van der Waals surface area contributed by atoms with Gasteiger partial charge in [-0.3, -0.25) is 15.3 Å². The van der Waals surface area contributed by atoms with Crippen LogP contribution in [-0.4, -0.2) is 76.3 Å². The molecule has 0 aliphatic carbocycles. The Bertz CT molecular complexity index is 1530. The molecule has 4 aromatic rings.